The Morgan fingerprint density at radius 3 is 2.20 bits per heavy atom. The van der Waals surface area contributed by atoms with Gasteiger partial charge in [0.2, 0.25) is 11.8 Å². The summed E-state index contributed by atoms with van der Waals surface area (Å²) in [7, 11) is -3.07. The van der Waals surface area contributed by atoms with Gasteiger partial charge < -0.3 is 15.0 Å². The van der Waals surface area contributed by atoms with E-state index in [1.807, 2.05) is 30.3 Å². The number of rotatable bonds is 13. The van der Waals surface area contributed by atoms with Crippen molar-refractivity contribution in [1.29, 1.82) is 0 Å². The standard InChI is InChI=1S/C38H40F3N3O5S/c1-27-18-20-34(21-19-27)50(47,48)44(32-16-9-13-30(24-32)38(39,40)41)26-36(45)43(25-29-12-8-17-33(22-29)49-2)35(23-28-10-4-3-5-11-28)37(46)42-31-14-6-7-15-31/h3-5,8-13,16-22,24,31,35H,6-7,14-15,23,25-26H2,1-2H3,(H,42,46). The van der Waals surface area contributed by atoms with E-state index in [1.165, 1.54) is 30.2 Å². The molecule has 0 saturated heterocycles. The summed E-state index contributed by atoms with van der Waals surface area (Å²) >= 11 is 0. The molecule has 1 N–H and O–H groups in total. The van der Waals surface area contributed by atoms with E-state index in [2.05, 4.69) is 5.32 Å². The van der Waals surface area contributed by atoms with Crippen molar-refractivity contribution in [3.8, 4) is 5.75 Å². The lowest BCUT2D eigenvalue weighted by Crippen LogP contribution is -2.54. The lowest BCUT2D eigenvalue weighted by Gasteiger charge is -2.34. The summed E-state index contributed by atoms with van der Waals surface area (Å²) in [4.78, 5) is 29.9. The number of benzene rings is 4. The highest BCUT2D eigenvalue weighted by Crippen LogP contribution is 2.34. The summed E-state index contributed by atoms with van der Waals surface area (Å²) in [6, 6.07) is 24.6. The Labute approximate surface area is 290 Å². The van der Waals surface area contributed by atoms with Gasteiger partial charge in [0.1, 0.15) is 18.3 Å². The van der Waals surface area contributed by atoms with E-state index >= 15 is 0 Å². The van der Waals surface area contributed by atoms with Gasteiger partial charge in [0.15, 0.2) is 0 Å². The zero-order valence-corrected chi connectivity index (χ0v) is 28.7. The molecule has 264 valence electrons. The monoisotopic (exact) mass is 707 g/mol. The van der Waals surface area contributed by atoms with Crippen molar-refractivity contribution in [3.63, 3.8) is 0 Å². The molecule has 0 spiro atoms. The SMILES string of the molecule is COc1cccc(CN(C(=O)CN(c2cccc(C(F)(F)F)c2)S(=O)(=O)c2ccc(C)cc2)C(Cc2ccccc2)C(=O)NC2CCCC2)c1. The van der Waals surface area contributed by atoms with E-state index in [0.29, 0.717) is 21.7 Å². The van der Waals surface area contributed by atoms with Crippen molar-refractivity contribution in [2.45, 2.75) is 68.7 Å². The maximum atomic E-state index is 14.7. The average molecular weight is 708 g/mol. The van der Waals surface area contributed by atoms with Gasteiger partial charge in [0, 0.05) is 19.0 Å². The molecule has 1 unspecified atom stereocenters. The summed E-state index contributed by atoms with van der Waals surface area (Å²) in [6.45, 7) is 0.792. The molecular formula is C38H40F3N3O5S. The number of alkyl halides is 3. The van der Waals surface area contributed by atoms with Gasteiger partial charge in [0.05, 0.1) is 23.3 Å². The van der Waals surface area contributed by atoms with Gasteiger partial charge in [-0.25, -0.2) is 8.42 Å². The van der Waals surface area contributed by atoms with Crippen LogP contribution in [-0.4, -0.2) is 50.9 Å². The highest BCUT2D eigenvalue weighted by atomic mass is 32.2. The van der Waals surface area contributed by atoms with Crippen LogP contribution in [0.25, 0.3) is 0 Å². The highest BCUT2D eigenvalue weighted by Gasteiger charge is 2.37. The molecule has 1 atom stereocenters. The zero-order valence-electron chi connectivity index (χ0n) is 27.9. The Hall–Kier alpha value is -4.84. The van der Waals surface area contributed by atoms with Crippen LogP contribution in [-0.2, 0) is 38.8 Å². The molecule has 0 radical (unpaired) electrons. The minimum absolute atomic E-state index is 0.0712. The Bertz CT molecular complexity index is 1880. The second-order valence-corrected chi connectivity index (χ2v) is 14.3. The molecular weight excluding hydrogens is 667 g/mol. The minimum Gasteiger partial charge on any atom is -0.497 e. The van der Waals surface area contributed by atoms with Gasteiger partial charge in [-0.15, -0.1) is 0 Å². The van der Waals surface area contributed by atoms with Crippen LogP contribution < -0.4 is 14.4 Å². The number of hydrogen-bond donors (Lipinski definition) is 1. The Morgan fingerprint density at radius 2 is 1.54 bits per heavy atom. The number of nitrogens with zero attached hydrogens (tertiary/aromatic N) is 2. The van der Waals surface area contributed by atoms with Crippen molar-refractivity contribution in [2.75, 3.05) is 18.0 Å². The highest BCUT2D eigenvalue weighted by molar-refractivity contribution is 7.92. The predicted octanol–water partition coefficient (Wildman–Crippen LogP) is 6.92. The van der Waals surface area contributed by atoms with Crippen molar-refractivity contribution in [1.82, 2.24) is 10.2 Å². The van der Waals surface area contributed by atoms with E-state index in [9.17, 15) is 31.2 Å². The molecule has 1 aliphatic carbocycles. The topological polar surface area (TPSA) is 96.0 Å². The molecule has 4 aromatic carbocycles. The third kappa shape index (κ3) is 9.03. The largest absolute Gasteiger partial charge is 0.497 e. The third-order valence-electron chi connectivity index (χ3n) is 8.81. The Morgan fingerprint density at radius 1 is 0.880 bits per heavy atom. The molecule has 50 heavy (non-hydrogen) atoms. The van der Waals surface area contributed by atoms with Crippen LogP contribution in [0.1, 0.15) is 47.9 Å². The van der Waals surface area contributed by atoms with E-state index in [0.717, 1.165) is 48.9 Å². The second-order valence-electron chi connectivity index (χ2n) is 12.4. The molecule has 0 bridgehead atoms. The number of anilines is 1. The summed E-state index contributed by atoms with van der Waals surface area (Å²) in [5.41, 5.74) is 0.732. The van der Waals surface area contributed by atoms with Crippen LogP contribution in [0.5, 0.6) is 5.75 Å². The van der Waals surface area contributed by atoms with Crippen LogP contribution in [0.15, 0.2) is 108 Å². The zero-order chi connectivity index (χ0) is 35.9. The first-order chi connectivity index (χ1) is 23.8. The van der Waals surface area contributed by atoms with E-state index < -0.39 is 46.2 Å². The second kappa shape index (κ2) is 15.8. The molecule has 0 heterocycles. The Balaban J connectivity index is 1.61. The van der Waals surface area contributed by atoms with Crippen LogP contribution in [0.3, 0.4) is 0 Å². The summed E-state index contributed by atoms with van der Waals surface area (Å²) in [6.07, 6.45) is -1.13. The number of sulfonamides is 1. The van der Waals surface area contributed by atoms with Gasteiger partial charge in [-0.05, 0) is 73.4 Å². The minimum atomic E-state index is -4.77. The van der Waals surface area contributed by atoms with E-state index in [-0.39, 0.29) is 29.6 Å². The van der Waals surface area contributed by atoms with Crippen molar-refractivity contribution in [2.24, 2.45) is 0 Å². The number of aryl methyl sites for hydroxylation is 1. The Kier molecular flexibility index (Phi) is 11.5. The van der Waals surface area contributed by atoms with Gasteiger partial charge in [-0.2, -0.15) is 13.2 Å². The number of methoxy groups -OCH3 is 1. The van der Waals surface area contributed by atoms with Crippen LogP contribution in [0, 0.1) is 6.92 Å². The first-order valence-electron chi connectivity index (χ1n) is 16.4. The maximum Gasteiger partial charge on any atom is 0.416 e. The predicted molar refractivity (Wildman–Crippen MR) is 185 cm³/mol. The average Bonchev–Trinajstić information content (AvgIpc) is 3.62. The third-order valence-corrected chi connectivity index (χ3v) is 10.6. The number of carbonyl (C=O) groups is 2. The quantitative estimate of drug-likeness (QED) is 0.163. The molecule has 5 rings (SSSR count). The number of hydrogen-bond acceptors (Lipinski definition) is 5. The molecule has 12 heteroatoms. The van der Waals surface area contributed by atoms with E-state index in [1.54, 1.807) is 43.3 Å². The lowest BCUT2D eigenvalue weighted by atomic mass is 10.0. The smallest absolute Gasteiger partial charge is 0.416 e. The first kappa shape index (κ1) is 36.4. The number of ether oxygens (including phenoxy) is 1. The van der Waals surface area contributed by atoms with E-state index in [4.69, 9.17) is 4.74 Å². The molecule has 8 nitrogen and oxygen atoms in total. The molecule has 1 aliphatic rings. The fourth-order valence-electron chi connectivity index (χ4n) is 6.09. The molecule has 2 amide bonds. The molecule has 1 saturated carbocycles. The van der Waals surface area contributed by atoms with Crippen LogP contribution in [0.2, 0.25) is 0 Å². The van der Waals surface area contributed by atoms with Gasteiger partial charge >= 0.3 is 6.18 Å². The molecule has 0 aromatic heterocycles. The molecule has 1 fully saturated rings. The fourth-order valence-corrected chi connectivity index (χ4v) is 7.50. The summed E-state index contributed by atoms with van der Waals surface area (Å²) in [5.74, 6) is -0.662. The van der Waals surface area contributed by atoms with Gasteiger partial charge in [-0.3, -0.25) is 13.9 Å². The molecule has 4 aromatic rings. The van der Waals surface area contributed by atoms with Crippen molar-refractivity contribution < 1.29 is 35.9 Å². The van der Waals surface area contributed by atoms with Crippen LogP contribution in [0.4, 0.5) is 18.9 Å². The summed E-state index contributed by atoms with van der Waals surface area (Å²) < 4.78 is 76.1. The van der Waals surface area contributed by atoms with Gasteiger partial charge in [-0.1, -0.05) is 79.1 Å². The summed E-state index contributed by atoms with van der Waals surface area (Å²) in [5, 5.41) is 3.10. The van der Waals surface area contributed by atoms with Crippen molar-refractivity contribution in [3.05, 3.63) is 125 Å². The maximum absolute atomic E-state index is 14.7. The van der Waals surface area contributed by atoms with Crippen molar-refractivity contribution >= 4 is 27.5 Å². The number of amides is 2. The number of carbonyl (C=O) groups excluding carboxylic acids is 2. The van der Waals surface area contributed by atoms with Crippen LogP contribution >= 0.6 is 0 Å². The number of nitrogens with one attached hydrogen (secondary N) is 1. The molecule has 0 aliphatic heterocycles. The number of halogens is 3. The van der Waals surface area contributed by atoms with Gasteiger partial charge in [0.25, 0.3) is 10.0 Å². The first-order valence-corrected chi connectivity index (χ1v) is 17.8. The lowest BCUT2D eigenvalue weighted by molar-refractivity contribution is -0.140. The fraction of sp³-hybridized carbons (Fsp3) is 0.316. The normalized spacial score (nSPS) is 14.2.